The number of ether oxygens (including phenoxy) is 1. The highest BCUT2D eigenvalue weighted by molar-refractivity contribution is 6.01. The van der Waals surface area contributed by atoms with E-state index in [0.29, 0.717) is 25.5 Å². The summed E-state index contributed by atoms with van der Waals surface area (Å²) in [6, 6.07) is 0. The molecule has 1 aromatic rings. The fourth-order valence-electron chi connectivity index (χ4n) is 3.87. The van der Waals surface area contributed by atoms with Crippen molar-refractivity contribution < 1.29 is 14.3 Å². The molecule has 5 heteroatoms. The van der Waals surface area contributed by atoms with E-state index in [2.05, 4.69) is 39.2 Å². The molecule has 146 valence electrons. The second kappa shape index (κ2) is 7.95. The van der Waals surface area contributed by atoms with Crippen LogP contribution in [0.5, 0.6) is 0 Å². The number of hydrogen-bond acceptors (Lipinski definition) is 3. The maximum Gasteiger partial charge on any atom is 0.226 e. The molecule has 1 amide bonds. The van der Waals surface area contributed by atoms with Crippen LogP contribution in [-0.2, 0) is 28.9 Å². The molecule has 0 saturated heterocycles. The average molecular weight is 363 g/mol. The zero-order valence-corrected chi connectivity index (χ0v) is 17.4. The van der Waals surface area contributed by atoms with Gasteiger partial charge in [0.05, 0.1) is 13.0 Å². The number of Topliss-reactive ketones (excluding diaryl/α,β-unsaturated/α-hetero) is 1. The second-order valence-corrected chi connectivity index (χ2v) is 8.82. The number of amides is 1. The third-order valence-electron chi connectivity index (χ3n) is 5.25. The van der Waals surface area contributed by atoms with Crippen LogP contribution < -0.4 is 0 Å². The normalized spacial score (nSPS) is 16.1. The molecule has 0 radical (unpaired) electrons. The van der Waals surface area contributed by atoms with Crippen molar-refractivity contribution in [2.45, 2.75) is 60.4 Å². The van der Waals surface area contributed by atoms with Gasteiger partial charge in [-0.2, -0.15) is 0 Å². The van der Waals surface area contributed by atoms with Crippen LogP contribution >= 0.6 is 0 Å². The Bertz CT molecular complexity index is 686. The molecule has 1 aliphatic rings. The molecule has 0 unspecified atom stereocenters. The molecule has 0 saturated carbocycles. The highest BCUT2D eigenvalue weighted by Gasteiger charge is 2.37. The number of aromatic nitrogens is 1. The number of ketones is 1. The number of methoxy groups -OCH3 is 1. The van der Waals surface area contributed by atoms with Gasteiger partial charge in [0.2, 0.25) is 5.91 Å². The summed E-state index contributed by atoms with van der Waals surface area (Å²) >= 11 is 0. The second-order valence-electron chi connectivity index (χ2n) is 8.82. The molecule has 0 spiro atoms. The van der Waals surface area contributed by atoms with Crippen LogP contribution in [-0.4, -0.2) is 48.5 Å². The fraction of sp³-hybridized carbons (Fsp3) is 0.714. The minimum Gasteiger partial charge on any atom is -0.383 e. The Morgan fingerprint density at radius 1 is 1.31 bits per heavy atom. The molecule has 0 aromatic carbocycles. The number of rotatable bonds is 7. The fourth-order valence-corrected chi connectivity index (χ4v) is 3.87. The number of hydrogen-bond donors (Lipinski definition) is 0. The highest BCUT2D eigenvalue weighted by atomic mass is 16.5. The van der Waals surface area contributed by atoms with Gasteiger partial charge in [-0.05, 0) is 30.2 Å². The zero-order valence-electron chi connectivity index (χ0n) is 17.4. The number of fused-ring (bicyclic) bond motifs is 1. The van der Waals surface area contributed by atoms with Crippen LogP contribution in [0.15, 0.2) is 0 Å². The number of carbonyl (C=O) groups excluding carboxylic acids is 2. The quantitative estimate of drug-likeness (QED) is 0.748. The highest BCUT2D eigenvalue weighted by Crippen LogP contribution is 2.39. The van der Waals surface area contributed by atoms with Crippen LogP contribution in [0.3, 0.4) is 0 Å². The van der Waals surface area contributed by atoms with Crippen LogP contribution in [0.2, 0.25) is 0 Å². The van der Waals surface area contributed by atoms with Crippen molar-refractivity contribution in [2.75, 3.05) is 27.3 Å². The summed E-state index contributed by atoms with van der Waals surface area (Å²) in [7, 11) is 3.42. The van der Waals surface area contributed by atoms with Gasteiger partial charge in [0.1, 0.15) is 0 Å². The Hall–Kier alpha value is -1.62. The number of likely N-dealkylation sites (N-methyl/N-ethyl adjacent to an activating group) is 1. The average Bonchev–Trinajstić information content (AvgIpc) is 2.76. The predicted molar refractivity (Wildman–Crippen MR) is 104 cm³/mol. The first-order chi connectivity index (χ1) is 12.1. The van der Waals surface area contributed by atoms with E-state index in [0.717, 1.165) is 35.5 Å². The summed E-state index contributed by atoms with van der Waals surface area (Å²) in [5.74, 6) is 0.703. The van der Waals surface area contributed by atoms with Crippen molar-refractivity contribution >= 4 is 11.7 Å². The SMILES string of the molecule is COCCN(C)C(=O)Cc1c2c(n(CC(C)C)c1C)CC(C)(C)CC2=O. The van der Waals surface area contributed by atoms with Gasteiger partial charge in [-0.1, -0.05) is 27.7 Å². The molecule has 0 N–H and O–H groups in total. The lowest BCUT2D eigenvalue weighted by Gasteiger charge is -2.30. The van der Waals surface area contributed by atoms with Gasteiger partial charge in [0, 0.05) is 50.6 Å². The van der Waals surface area contributed by atoms with Crippen molar-refractivity contribution in [3.05, 3.63) is 22.5 Å². The first-order valence-corrected chi connectivity index (χ1v) is 9.54. The van der Waals surface area contributed by atoms with Crippen LogP contribution in [0, 0.1) is 18.3 Å². The van der Waals surface area contributed by atoms with E-state index >= 15 is 0 Å². The van der Waals surface area contributed by atoms with Crippen LogP contribution in [0.1, 0.15) is 61.4 Å². The largest absolute Gasteiger partial charge is 0.383 e. The standard InChI is InChI=1S/C21H34N2O3/c1-14(2)13-23-15(3)16(10-19(25)22(6)8-9-26-7)20-17(23)11-21(4,5)12-18(20)24/h14H,8-13H2,1-7H3. The Labute approximate surface area is 157 Å². The smallest absolute Gasteiger partial charge is 0.226 e. The van der Waals surface area contributed by atoms with E-state index in [1.54, 1.807) is 19.1 Å². The summed E-state index contributed by atoms with van der Waals surface area (Å²) in [6.45, 7) is 12.7. The van der Waals surface area contributed by atoms with Crippen LogP contribution in [0.4, 0.5) is 0 Å². The molecule has 1 heterocycles. The summed E-state index contributed by atoms with van der Waals surface area (Å²) in [6.07, 6.45) is 1.72. The molecule has 0 atom stereocenters. The Kier molecular flexibility index (Phi) is 6.33. The number of carbonyl (C=O) groups is 2. The van der Waals surface area contributed by atoms with Crippen molar-refractivity contribution in [1.82, 2.24) is 9.47 Å². The molecule has 1 aliphatic carbocycles. The Balaban J connectivity index is 2.42. The van der Waals surface area contributed by atoms with Crippen LogP contribution in [0.25, 0.3) is 0 Å². The molecule has 0 aliphatic heterocycles. The summed E-state index contributed by atoms with van der Waals surface area (Å²) in [4.78, 5) is 27.3. The van der Waals surface area contributed by atoms with Gasteiger partial charge in [-0.15, -0.1) is 0 Å². The molecular formula is C21H34N2O3. The van der Waals surface area contributed by atoms with Gasteiger partial charge in [0.25, 0.3) is 0 Å². The monoisotopic (exact) mass is 362 g/mol. The summed E-state index contributed by atoms with van der Waals surface area (Å²) in [5, 5.41) is 0. The molecule has 0 bridgehead atoms. The van der Waals surface area contributed by atoms with Gasteiger partial charge in [-0.25, -0.2) is 0 Å². The Morgan fingerprint density at radius 3 is 2.54 bits per heavy atom. The van der Waals surface area contributed by atoms with Crippen molar-refractivity contribution in [3.63, 3.8) is 0 Å². The molecule has 26 heavy (non-hydrogen) atoms. The van der Waals surface area contributed by atoms with Gasteiger partial charge in [-0.3, -0.25) is 9.59 Å². The molecule has 1 aromatic heterocycles. The lowest BCUT2D eigenvalue weighted by Crippen LogP contribution is -2.32. The Morgan fingerprint density at radius 2 is 1.96 bits per heavy atom. The first-order valence-electron chi connectivity index (χ1n) is 9.54. The van der Waals surface area contributed by atoms with Gasteiger partial charge < -0.3 is 14.2 Å². The maximum absolute atomic E-state index is 12.9. The van der Waals surface area contributed by atoms with Crippen molar-refractivity contribution in [1.29, 1.82) is 0 Å². The van der Waals surface area contributed by atoms with E-state index in [-0.39, 0.29) is 23.5 Å². The van der Waals surface area contributed by atoms with Gasteiger partial charge in [0.15, 0.2) is 5.78 Å². The summed E-state index contributed by atoms with van der Waals surface area (Å²) < 4.78 is 7.35. The topological polar surface area (TPSA) is 51.5 Å². The van der Waals surface area contributed by atoms with E-state index in [1.807, 2.05) is 0 Å². The lowest BCUT2D eigenvalue weighted by molar-refractivity contribution is -0.129. The zero-order chi connectivity index (χ0) is 19.6. The third-order valence-corrected chi connectivity index (χ3v) is 5.25. The molecular weight excluding hydrogens is 328 g/mol. The minimum absolute atomic E-state index is 0.0276. The van der Waals surface area contributed by atoms with E-state index in [1.165, 1.54) is 0 Å². The third kappa shape index (κ3) is 4.37. The van der Waals surface area contributed by atoms with Crippen molar-refractivity contribution in [2.24, 2.45) is 11.3 Å². The minimum atomic E-state index is -0.0276. The van der Waals surface area contributed by atoms with E-state index in [9.17, 15) is 9.59 Å². The lowest BCUT2D eigenvalue weighted by atomic mass is 9.75. The maximum atomic E-state index is 12.9. The summed E-state index contributed by atoms with van der Waals surface area (Å²) in [5.41, 5.74) is 3.91. The number of nitrogens with zero attached hydrogens (tertiary/aromatic N) is 2. The molecule has 2 rings (SSSR count). The van der Waals surface area contributed by atoms with Gasteiger partial charge >= 0.3 is 0 Å². The first kappa shape index (κ1) is 20.7. The van der Waals surface area contributed by atoms with E-state index < -0.39 is 0 Å². The molecule has 0 fully saturated rings. The van der Waals surface area contributed by atoms with Crippen molar-refractivity contribution in [3.8, 4) is 0 Å². The van der Waals surface area contributed by atoms with E-state index in [4.69, 9.17) is 4.74 Å². The molecule has 5 nitrogen and oxygen atoms in total. The predicted octanol–water partition coefficient (Wildman–Crippen LogP) is 3.25.